The summed E-state index contributed by atoms with van der Waals surface area (Å²) in [6.45, 7) is 9.08. The Morgan fingerprint density at radius 3 is 2.62 bits per heavy atom. The molecule has 21 heavy (non-hydrogen) atoms. The Hall–Kier alpha value is -0.580. The molecule has 1 aromatic rings. The van der Waals surface area contributed by atoms with Crippen molar-refractivity contribution >= 4 is 15.9 Å². The summed E-state index contributed by atoms with van der Waals surface area (Å²) in [5.74, 6) is 1.60. The number of likely N-dealkylation sites (tertiary alicyclic amines) is 1. The van der Waals surface area contributed by atoms with Crippen LogP contribution in [0.25, 0.3) is 0 Å². The van der Waals surface area contributed by atoms with E-state index >= 15 is 0 Å². The molecule has 0 spiro atoms. The first kappa shape index (κ1) is 16.8. The molecule has 4 heteroatoms. The van der Waals surface area contributed by atoms with E-state index in [2.05, 4.69) is 52.1 Å². The van der Waals surface area contributed by atoms with Crippen LogP contribution in [-0.2, 0) is 6.54 Å². The zero-order valence-corrected chi connectivity index (χ0v) is 14.9. The molecule has 1 unspecified atom stereocenters. The fourth-order valence-corrected chi connectivity index (χ4v) is 3.41. The highest BCUT2D eigenvalue weighted by Crippen LogP contribution is 2.22. The van der Waals surface area contributed by atoms with Crippen LogP contribution in [0.2, 0.25) is 0 Å². The number of benzene rings is 1. The molecular weight excluding hydrogens is 328 g/mol. The molecule has 2 rings (SSSR count). The molecule has 0 amide bonds. The third-order valence-electron chi connectivity index (χ3n) is 4.30. The van der Waals surface area contributed by atoms with Gasteiger partial charge in [-0.1, -0.05) is 29.8 Å². The molecule has 0 bridgehead atoms. The third-order valence-corrected chi connectivity index (χ3v) is 5.07. The molecular formula is C17H27BrN2O. The van der Waals surface area contributed by atoms with E-state index in [0.717, 1.165) is 23.3 Å². The van der Waals surface area contributed by atoms with Gasteiger partial charge in [-0.3, -0.25) is 4.90 Å². The zero-order chi connectivity index (χ0) is 15.2. The van der Waals surface area contributed by atoms with Crippen molar-refractivity contribution in [1.29, 1.82) is 0 Å². The molecule has 1 aromatic carbocycles. The summed E-state index contributed by atoms with van der Waals surface area (Å²) in [5, 5.41) is 3.62. The minimum absolute atomic E-state index is 0.636. The minimum Gasteiger partial charge on any atom is -0.497 e. The van der Waals surface area contributed by atoms with E-state index < -0.39 is 0 Å². The van der Waals surface area contributed by atoms with Gasteiger partial charge in [0.25, 0.3) is 0 Å². The minimum atomic E-state index is 0.636. The summed E-state index contributed by atoms with van der Waals surface area (Å²) in [6.07, 6.45) is 2.70. The number of hydrogen-bond donors (Lipinski definition) is 1. The number of nitrogens with one attached hydrogen (secondary N) is 1. The van der Waals surface area contributed by atoms with E-state index in [0.29, 0.717) is 12.0 Å². The molecule has 0 saturated carbocycles. The Balaban J connectivity index is 1.89. The van der Waals surface area contributed by atoms with Crippen LogP contribution in [0.15, 0.2) is 22.7 Å². The Morgan fingerprint density at radius 2 is 2.00 bits per heavy atom. The third kappa shape index (κ3) is 4.70. The predicted molar refractivity (Wildman–Crippen MR) is 91.8 cm³/mol. The van der Waals surface area contributed by atoms with E-state index in [1.165, 1.54) is 31.5 Å². The van der Waals surface area contributed by atoms with Gasteiger partial charge in [-0.2, -0.15) is 0 Å². The number of halogens is 1. The van der Waals surface area contributed by atoms with Crippen LogP contribution in [0.5, 0.6) is 5.75 Å². The molecule has 1 aliphatic heterocycles. The zero-order valence-electron chi connectivity index (χ0n) is 13.4. The van der Waals surface area contributed by atoms with Crippen molar-refractivity contribution in [2.45, 2.75) is 39.3 Å². The summed E-state index contributed by atoms with van der Waals surface area (Å²) in [4.78, 5) is 2.64. The van der Waals surface area contributed by atoms with Crippen LogP contribution in [0.4, 0.5) is 0 Å². The lowest BCUT2D eigenvalue weighted by molar-refractivity contribution is 0.186. The monoisotopic (exact) mass is 354 g/mol. The first-order chi connectivity index (χ1) is 10.1. The summed E-state index contributed by atoms with van der Waals surface area (Å²) in [7, 11) is 1.71. The summed E-state index contributed by atoms with van der Waals surface area (Å²) in [6, 6.07) is 6.76. The first-order valence-corrected chi connectivity index (χ1v) is 8.68. The number of rotatable bonds is 7. The molecule has 1 saturated heterocycles. The Kier molecular flexibility index (Phi) is 6.52. The molecule has 0 aromatic heterocycles. The van der Waals surface area contributed by atoms with Crippen molar-refractivity contribution in [3.05, 3.63) is 28.2 Å². The van der Waals surface area contributed by atoms with Gasteiger partial charge >= 0.3 is 0 Å². The quantitative estimate of drug-likeness (QED) is 0.808. The largest absolute Gasteiger partial charge is 0.497 e. The SMILES string of the molecule is COc1ccc(Br)c(CNCC(C(C)C)N2CCCC2)c1. The Morgan fingerprint density at radius 1 is 1.29 bits per heavy atom. The van der Waals surface area contributed by atoms with Crippen molar-refractivity contribution in [3.63, 3.8) is 0 Å². The lowest BCUT2D eigenvalue weighted by Crippen LogP contribution is -2.44. The molecule has 0 radical (unpaired) electrons. The van der Waals surface area contributed by atoms with Crippen LogP contribution >= 0.6 is 15.9 Å². The van der Waals surface area contributed by atoms with Gasteiger partial charge in [0.05, 0.1) is 7.11 Å². The van der Waals surface area contributed by atoms with Crippen molar-refractivity contribution in [1.82, 2.24) is 10.2 Å². The number of methoxy groups -OCH3 is 1. The van der Waals surface area contributed by atoms with Gasteiger partial charge in [-0.25, -0.2) is 0 Å². The van der Waals surface area contributed by atoms with Crippen molar-refractivity contribution in [2.24, 2.45) is 5.92 Å². The first-order valence-electron chi connectivity index (χ1n) is 7.89. The average Bonchev–Trinajstić information content (AvgIpc) is 2.98. The van der Waals surface area contributed by atoms with Crippen LogP contribution < -0.4 is 10.1 Å². The summed E-state index contributed by atoms with van der Waals surface area (Å²) < 4.78 is 6.44. The fraction of sp³-hybridized carbons (Fsp3) is 0.647. The fourth-order valence-electron chi connectivity index (χ4n) is 3.03. The maximum atomic E-state index is 5.30. The van der Waals surface area contributed by atoms with Crippen molar-refractivity contribution in [3.8, 4) is 5.75 Å². The van der Waals surface area contributed by atoms with Gasteiger partial charge in [0.2, 0.25) is 0 Å². The van der Waals surface area contributed by atoms with E-state index in [4.69, 9.17) is 4.74 Å². The standard InChI is InChI=1S/C17H27BrN2O/c1-13(2)17(20-8-4-5-9-20)12-19-11-14-10-15(21-3)6-7-16(14)18/h6-7,10,13,17,19H,4-5,8-9,11-12H2,1-3H3. The number of nitrogens with zero attached hydrogens (tertiary/aromatic N) is 1. The summed E-state index contributed by atoms with van der Waals surface area (Å²) in [5.41, 5.74) is 1.25. The lowest BCUT2D eigenvalue weighted by Gasteiger charge is -2.31. The maximum Gasteiger partial charge on any atom is 0.119 e. The highest BCUT2D eigenvalue weighted by molar-refractivity contribution is 9.10. The Labute approximate surface area is 137 Å². The van der Waals surface area contributed by atoms with E-state index in [1.54, 1.807) is 7.11 Å². The van der Waals surface area contributed by atoms with Crippen LogP contribution in [0.1, 0.15) is 32.3 Å². The van der Waals surface area contributed by atoms with Gasteiger partial charge < -0.3 is 10.1 Å². The molecule has 3 nitrogen and oxygen atoms in total. The average molecular weight is 355 g/mol. The Bertz CT molecular complexity index is 444. The van der Waals surface area contributed by atoms with Gasteiger partial charge in [0.15, 0.2) is 0 Å². The van der Waals surface area contributed by atoms with Crippen LogP contribution in [0, 0.1) is 5.92 Å². The topological polar surface area (TPSA) is 24.5 Å². The molecule has 1 aliphatic rings. The molecule has 0 aliphatic carbocycles. The van der Waals surface area contributed by atoms with Gasteiger partial charge in [-0.05, 0) is 55.6 Å². The number of hydrogen-bond acceptors (Lipinski definition) is 3. The van der Waals surface area contributed by atoms with E-state index in [-0.39, 0.29) is 0 Å². The molecule has 118 valence electrons. The molecule has 1 heterocycles. The smallest absolute Gasteiger partial charge is 0.119 e. The molecule has 1 atom stereocenters. The highest BCUT2D eigenvalue weighted by atomic mass is 79.9. The van der Waals surface area contributed by atoms with Crippen molar-refractivity contribution in [2.75, 3.05) is 26.7 Å². The van der Waals surface area contributed by atoms with Crippen LogP contribution in [-0.4, -0.2) is 37.7 Å². The molecule has 1 N–H and O–H groups in total. The maximum absolute atomic E-state index is 5.30. The normalized spacial score (nSPS) is 17.4. The van der Waals surface area contributed by atoms with Crippen molar-refractivity contribution < 1.29 is 4.74 Å². The lowest BCUT2D eigenvalue weighted by atomic mass is 10.0. The van der Waals surface area contributed by atoms with E-state index in [9.17, 15) is 0 Å². The second-order valence-corrected chi connectivity index (χ2v) is 7.00. The summed E-state index contributed by atoms with van der Waals surface area (Å²) >= 11 is 3.62. The van der Waals surface area contributed by atoms with Gasteiger partial charge in [-0.15, -0.1) is 0 Å². The molecule has 1 fully saturated rings. The predicted octanol–water partition coefficient (Wildman–Crippen LogP) is 3.67. The second kappa shape index (κ2) is 8.16. The highest BCUT2D eigenvalue weighted by Gasteiger charge is 2.24. The van der Waals surface area contributed by atoms with Crippen LogP contribution in [0.3, 0.4) is 0 Å². The van der Waals surface area contributed by atoms with Gasteiger partial charge in [0.1, 0.15) is 5.75 Å². The second-order valence-electron chi connectivity index (χ2n) is 6.14. The van der Waals surface area contributed by atoms with Gasteiger partial charge in [0, 0.05) is 23.6 Å². The van der Waals surface area contributed by atoms with E-state index in [1.807, 2.05) is 6.07 Å². The number of ether oxygens (including phenoxy) is 1.